The van der Waals surface area contributed by atoms with Gasteiger partial charge in [-0.05, 0) is 58.9 Å². The van der Waals surface area contributed by atoms with Crippen LogP contribution in [0.1, 0.15) is 32.9 Å². The van der Waals surface area contributed by atoms with Crippen LogP contribution in [0.4, 0.5) is 0 Å². The second kappa shape index (κ2) is 9.64. The zero-order chi connectivity index (χ0) is 25.5. The summed E-state index contributed by atoms with van der Waals surface area (Å²) < 4.78 is 9.00. The third-order valence-electron chi connectivity index (χ3n) is 5.75. The number of fused-ring (bicyclic) bond motifs is 2. The average molecular weight is 515 g/mol. The number of para-hydroxylation sites is 1. The molecule has 0 bridgehead atoms. The molecule has 0 spiro atoms. The Balaban J connectivity index is 2.01. The summed E-state index contributed by atoms with van der Waals surface area (Å²) in [7, 11) is 0. The lowest BCUT2D eigenvalue weighted by molar-refractivity contribution is -0.155. The lowest BCUT2D eigenvalue weighted by Crippen LogP contribution is -2.32. The van der Waals surface area contributed by atoms with E-state index < -0.39 is 17.1 Å². The van der Waals surface area contributed by atoms with Crippen molar-refractivity contribution in [1.29, 1.82) is 0 Å². The molecule has 0 atom stereocenters. The number of esters is 1. The van der Waals surface area contributed by atoms with Gasteiger partial charge in [-0.1, -0.05) is 41.4 Å². The van der Waals surface area contributed by atoms with Crippen LogP contribution >= 0.6 is 23.2 Å². The number of nitrogens with zero attached hydrogens (tertiary/aromatic N) is 3. The van der Waals surface area contributed by atoms with E-state index in [4.69, 9.17) is 38.7 Å². The molecule has 2 aromatic carbocycles. The summed E-state index contributed by atoms with van der Waals surface area (Å²) >= 11 is 12.6. The second-order valence-electron chi connectivity index (χ2n) is 9.46. The van der Waals surface area contributed by atoms with Gasteiger partial charge in [-0.2, -0.15) is 0 Å². The van der Waals surface area contributed by atoms with Gasteiger partial charge in [-0.3, -0.25) is 14.2 Å². The van der Waals surface area contributed by atoms with Crippen LogP contribution in [0.5, 0.6) is 0 Å². The van der Waals surface area contributed by atoms with E-state index in [0.29, 0.717) is 34.7 Å². The number of aromatic nitrogens is 3. The monoisotopic (exact) mass is 514 g/mol. The summed E-state index contributed by atoms with van der Waals surface area (Å²) in [6.07, 6.45) is 0.793. The molecule has 0 aliphatic heterocycles. The van der Waals surface area contributed by atoms with Gasteiger partial charge in [0.05, 0.1) is 21.1 Å². The molecule has 184 valence electrons. The largest absolute Gasteiger partial charge is 0.459 e. The van der Waals surface area contributed by atoms with Crippen molar-refractivity contribution in [3.05, 3.63) is 62.5 Å². The first kappa shape index (κ1) is 25.2. The first-order chi connectivity index (χ1) is 16.5. The molecule has 0 aliphatic rings. The van der Waals surface area contributed by atoms with Gasteiger partial charge in [0.2, 0.25) is 0 Å². The number of carbonyl (C=O) groups excluding carboxylic acids is 1. The molecule has 35 heavy (non-hydrogen) atoms. The molecule has 0 unspecified atom stereocenters. The number of ether oxygens (including phenoxy) is 1. The van der Waals surface area contributed by atoms with Crippen molar-refractivity contribution in [3.8, 4) is 11.3 Å². The zero-order valence-corrected chi connectivity index (χ0v) is 21.7. The van der Waals surface area contributed by atoms with Gasteiger partial charge >= 0.3 is 5.97 Å². The van der Waals surface area contributed by atoms with Crippen LogP contribution in [0.3, 0.4) is 0 Å². The summed E-state index contributed by atoms with van der Waals surface area (Å²) in [5.74, 6) is -0.536. The number of carbonyl (C=O) groups is 1. The molecule has 2 heterocycles. The molecule has 0 saturated heterocycles. The van der Waals surface area contributed by atoms with Crippen molar-refractivity contribution in [1.82, 2.24) is 14.1 Å². The molecule has 0 aliphatic carbocycles. The zero-order valence-electron chi connectivity index (χ0n) is 20.2. The van der Waals surface area contributed by atoms with E-state index in [2.05, 4.69) is 4.57 Å². The minimum atomic E-state index is -0.694. The number of rotatable bonds is 6. The van der Waals surface area contributed by atoms with Crippen molar-refractivity contribution in [2.75, 3.05) is 6.54 Å². The fourth-order valence-electron chi connectivity index (χ4n) is 4.33. The van der Waals surface area contributed by atoms with Crippen LogP contribution in [0.15, 0.2) is 41.2 Å². The quantitative estimate of drug-likeness (QED) is 0.351. The molecule has 2 aromatic heterocycles. The first-order valence-electron chi connectivity index (χ1n) is 11.4. The van der Waals surface area contributed by atoms with Gasteiger partial charge in [0.15, 0.2) is 0 Å². The van der Waals surface area contributed by atoms with E-state index in [1.54, 1.807) is 32.9 Å². The average Bonchev–Trinajstić information content (AvgIpc) is 3.05. The summed E-state index contributed by atoms with van der Waals surface area (Å²) in [5.41, 5.74) is 8.36. The maximum absolute atomic E-state index is 13.9. The van der Waals surface area contributed by atoms with Crippen LogP contribution in [0, 0.1) is 6.92 Å². The molecule has 0 amide bonds. The topological polar surface area (TPSA) is 92.1 Å². The van der Waals surface area contributed by atoms with E-state index in [-0.39, 0.29) is 17.3 Å². The Hall–Kier alpha value is -2.87. The normalized spacial score (nSPS) is 12.0. The summed E-state index contributed by atoms with van der Waals surface area (Å²) in [5, 5.41) is 1.47. The van der Waals surface area contributed by atoms with Gasteiger partial charge in [-0.15, -0.1) is 0 Å². The highest BCUT2D eigenvalue weighted by atomic mass is 35.5. The predicted molar refractivity (Wildman–Crippen MR) is 141 cm³/mol. The maximum Gasteiger partial charge on any atom is 0.326 e. The summed E-state index contributed by atoms with van der Waals surface area (Å²) in [4.78, 5) is 31.4. The fourth-order valence-corrected chi connectivity index (χ4v) is 4.64. The van der Waals surface area contributed by atoms with Gasteiger partial charge in [0.25, 0.3) is 5.56 Å². The summed E-state index contributed by atoms with van der Waals surface area (Å²) in [6, 6.07) is 11.0. The molecular formula is C26H28Cl2N4O3. The fraction of sp³-hybridized carbons (Fsp3) is 0.346. The van der Waals surface area contributed by atoms with Gasteiger partial charge in [0, 0.05) is 28.7 Å². The van der Waals surface area contributed by atoms with Crippen molar-refractivity contribution in [2.24, 2.45) is 5.73 Å². The SMILES string of the molecule is Cc1c(-c2nc3cc(Cl)c(Cl)cc3n(CC(=O)OC(C)(C)C)c2=O)c2ccccc2n1CCCN. The molecule has 4 aromatic rings. The molecule has 0 radical (unpaired) electrons. The Morgan fingerprint density at radius 2 is 1.77 bits per heavy atom. The smallest absolute Gasteiger partial charge is 0.326 e. The van der Waals surface area contributed by atoms with Crippen molar-refractivity contribution in [3.63, 3.8) is 0 Å². The van der Waals surface area contributed by atoms with Crippen LogP contribution in [0.2, 0.25) is 10.0 Å². The third kappa shape index (κ3) is 4.94. The van der Waals surface area contributed by atoms with Crippen LogP contribution in [-0.2, 0) is 22.6 Å². The van der Waals surface area contributed by atoms with Crippen molar-refractivity contribution in [2.45, 2.75) is 52.8 Å². The Bertz CT molecular complexity index is 1500. The third-order valence-corrected chi connectivity index (χ3v) is 6.47. The van der Waals surface area contributed by atoms with Crippen molar-refractivity contribution < 1.29 is 9.53 Å². The van der Waals surface area contributed by atoms with Gasteiger partial charge < -0.3 is 15.0 Å². The highest BCUT2D eigenvalue weighted by Gasteiger charge is 2.24. The molecule has 9 heteroatoms. The predicted octanol–water partition coefficient (Wildman–Crippen LogP) is 5.32. The number of hydrogen-bond donors (Lipinski definition) is 1. The van der Waals surface area contributed by atoms with Crippen molar-refractivity contribution >= 4 is 51.1 Å². The van der Waals surface area contributed by atoms with E-state index >= 15 is 0 Å². The van der Waals surface area contributed by atoms with E-state index in [0.717, 1.165) is 23.0 Å². The maximum atomic E-state index is 13.9. The molecule has 4 rings (SSSR count). The molecule has 0 saturated carbocycles. The Morgan fingerprint density at radius 1 is 1.09 bits per heavy atom. The lowest BCUT2D eigenvalue weighted by atomic mass is 10.1. The number of hydrogen-bond acceptors (Lipinski definition) is 5. The minimum absolute atomic E-state index is 0.236. The number of benzene rings is 2. The molecule has 7 nitrogen and oxygen atoms in total. The highest BCUT2D eigenvalue weighted by molar-refractivity contribution is 6.42. The standard InChI is InChI=1S/C26H28Cl2N4O3/c1-15-23(16-8-5-6-9-20(16)31(15)11-7-10-29)24-25(34)32(14-22(33)35-26(2,3)4)21-13-18(28)17(27)12-19(21)30-24/h5-6,8-9,12-13H,7,10-11,14,29H2,1-4H3. The van der Waals surface area contributed by atoms with E-state index in [1.807, 2.05) is 31.2 Å². The van der Waals surface area contributed by atoms with Crippen LogP contribution < -0.4 is 11.3 Å². The Labute approximate surface area is 213 Å². The van der Waals surface area contributed by atoms with Gasteiger partial charge in [0.1, 0.15) is 17.8 Å². The lowest BCUT2D eigenvalue weighted by Gasteiger charge is -2.20. The molecule has 0 fully saturated rings. The number of nitrogens with two attached hydrogens (primary N) is 1. The number of halogens is 2. The van der Waals surface area contributed by atoms with E-state index in [1.165, 1.54) is 4.57 Å². The molecule has 2 N–H and O–H groups in total. The summed E-state index contributed by atoms with van der Waals surface area (Å²) in [6.45, 7) is 8.27. The highest BCUT2D eigenvalue weighted by Crippen LogP contribution is 2.34. The van der Waals surface area contributed by atoms with E-state index in [9.17, 15) is 9.59 Å². The Kier molecular flexibility index (Phi) is 6.95. The van der Waals surface area contributed by atoms with Gasteiger partial charge in [-0.25, -0.2) is 4.98 Å². The van der Waals surface area contributed by atoms with Crippen LogP contribution in [-0.4, -0.2) is 32.2 Å². The first-order valence-corrected chi connectivity index (χ1v) is 12.2. The second-order valence-corrected chi connectivity index (χ2v) is 10.3. The Morgan fingerprint density at radius 3 is 2.46 bits per heavy atom. The van der Waals surface area contributed by atoms with Crippen LogP contribution in [0.25, 0.3) is 33.2 Å². The number of aryl methyl sites for hydroxylation is 1. The molecular weight excluding hydrogens is 487 g/mol. The minimum Gasteiger partial charge on any atom is -0.459 e.